The lowest BCUT2D eigenvalue weighted by Gasteiger charge is -2.07. The SMILES string of the molecule is CN(SCC#N)C(=O)N=N. The molecule has 54 valence electrons. The van der Waals surface area contributed by atoms with Crippen LogP contribution in [0.5, 0.6) is 0 Å². The van der Waals surface area contributed by atoms with E-state index < -0.39 is 6.03 Å². The normalized spacial score (nSPS) is 8.00. The molecule has 0 heterocycles. The van der Waals surface area contributed by atoms with Gasteiger partial charge in [-0.25, -0.2) is 4.79 Å². The summed E-state index contributed by atoms with van der Waals surface area (Å²) in [5.41, 5.74) is 6.31. The molecule has 0 aromatic heterocycles. The van der Waals surface area contributed by atoms with E-state index in [1.807, 2.05) is 6.07 Å². The molecule has 1 N–H and O–H groups in total. The monoisotopic (exact) mass is 158 g/mol. The Kier molecular flexibility index (Phi) is 4.24. The molecule has 0 aromatic rings. The van der Waals surface area contributed by atoms with Crippen molar-refractivity contribution >= 4 is 18.0 Å². The molecule has 0 saturated heterocycles. The maximum Gasteiger partial charge on any atom is 0.371 e. The van der Waals surface area contributed by atoms with E-state index in [1.165, 1.54) is 7.05 Å². The van der Waals surface area contributed by atoms with Gasteiger partial charge in [0.2, 0.25) is 0 Å². The first-order chi connectivity index (χ1) is 4.72. The lowest BCUT2D eigenvalue weighted by atomic mass is 10.9. The van der Waals surface area contributed by atoms with Crippen molar-refractivity contribution in [2.75, 3.05) is 12.8 Å². The number of carbonyl (C=O) groups is 1. The number of urea groups is 1. The summed E-state index contributed by atoms with van der Waals surface area (Å²) in [6, 6.07) is 1.19. The number of nitrogens with one attached hydrogen (secondary N) is 1. The molecule has 0 fully saturated rings. The first-order valence-electron chi connectivity index (χ1n) is 2.37. The first-order valence-corrected chi connectivity index (χ1v) is 3.31. The van der Waals surface area contributed by atoms with Crippen LogP contribution >= 0.6 is 11.9 Å². The largest absolute Gasteiger partial charge is 0.371 e. The Labute approximate surface area is 62.6 Å². The summed E-state index contributed by atoms with van der Waals surface area (Å²) in [6.45, 7) is 0. The molecule has 0 radical (unpaired) electrons. The number of hydrogen-bond acceptors (Lipinski definition) is 4. The van der Waals surface area contributed by atoms with E-state index in [2.05, 4.69) is 5.11 Å². The second kappa shape index (κ2) is 4.76. The molecule has 0 spiro atoms. The van der Waals surface area contributed by atoms with E-state index >= 15 is 0 Å². The van der Waals surface area contributed by atoms with Crippen LogP contribution in [0.15, 0.2) is 5.11 Å². The van der Waals surface area contributed by atoms with Crippen LogP contribution in [0.1, 0.15) is 0 Å². The molecule has 0 aliphatic rings. The summed E-state index contributed by atoms with van der Waals surface area (Å²) in [4.78, 5) is 10.5. The Morgan fingerprint density at radius 1 is 2.00 bits per heavy atom. The fourth-order valence-corrected chi connectivity index (χ4v) is 0.654. The summed E-state index contributed by atoms with van der Waals surface area (Å²) < 4.78 is 1.14. The van der Waals surface area contributed by atoms with Gasteiger partial charge in [-0.05, 0) is 11.9 Å². The van der Waals surface area contributed by atoms with Gasteiger partial charge in [0.05, 0.1) is 6.07 Å². The van der Waals surface area contributed by atoms with Crippen molar-refractivity contribution in [3.63, 3.8) is 0 Å². The van der Waals surface area contributed by atoms with Crippen LogP contribution in [-0.2, 0) is 0 Å². The number of nitrogens with zero attached hydrogens (tertiary/aromatic N) is 3. The average molecular weight is 158 g/mol. The van der Waals surface area contributed by atoms with E-state index in [1.54, 1.807) is 0 Å². The molecule has 0 aromatic carbocycles. The summed E-state index contributed by atoms with van der Waals surface area (Å²) in [7, 11) is 1.46. The third kappa shape index (κ3) is 3.04. The molecular weight excluding hydrogens is 152 g/mol. The first kappa shape index (κ1) is 8.91. The predicted molar refractivity (Wildman–Crippen MR) is 36.4 cm³/mol. The van der Waals surface area contributed by atoms with Gasteiger partial charge in [-0.2, -0.15) is 10.8 Å². The lowest BCUT2D eigenvalue weighted by molar-refractivity contribution is 0.237. The van der Waals surface area contributed by atoms with E-state index in [0.717, 1.165) is 16.3 Å². The van der Waals surface area contributed by atoms with Crippen LogP contribution in [0.3, 0.4) is 0 Å². The molecule has 0 aliphatic carbocycles. The lowest BCUT2D eigenvalue weighted by Crippen LogP contribution is -2.14. The van der Waals surface area contributed by atoms with Gasteiger partial charge in [-0.3, -0.25) is 4.31 Å². The minimum Gasteiger partial charge on any atom is -0.267 e. The molecular formula is C4H6N4OS. The van der Waals surface area contributed by atoms with Gasteiger partial charge in [0.25, 0.3) is 0 Å². The molecule has 10 heavy (non-hydrogen) atoms. The second-order valence-electron chi connectivity index (χ2n) is 1.32. The number of amides is 2. The van der Waals surface area contributed by atoms with Crippen LogP contribution in [-0.4, -0.2) is 23.1 Å². The number of nitriles is 1. The average Bonchev–Trinajstić information content (AvgIpc) is 1.98. The van der Waals surface area contributed by atoms with Crippen molar-refractivity contribution in [1.29, 1.82) is 10.8 Å². The smallest absolute Gasteiger partial charge is 0.267 e. The Balaban J connectivity index is 3.63. The minimum absolute atomic E-state index is 0.192. The zero-order chi connectivity index (χ0) is 7.98. The zero-order valence-electron chi connectivity index (χ0n) is 5.37. The van der Waals surface area contributed by atoms with E-state index in [9.17, 15) is 4.79 Å². The fourth-order valence-electron chi connectivity index (χ4n) is 0.251. The Morgan fingerprint density at radius 3 is 3.00 bits per heavy atom. The minimum atomic E-state index is -0.653. The van der Waals surface area contributed by atoms with Gasteiger partial charge in [-0.1, -0.05) is 5.11 Å². The van der Waals surface area contributed by atoms with Crippen molar-refractivity contribution < 1.29 is 4.79 Å². The van der Waals surface area contributed by atoms with Gasteiger partial charge in [0.15, 0.2) is 0 Å². The van der Waals surface area contributed by atoms with Gasteiger partial charge >= 0.3 is 6.03 Å². The summed E-state index contributed by atoms with van der Waals surface area (Å²) >= 11 is 1.02. The molecule has 0 saturated carbocycles. The van der Waals surface area contributed by atoms with Gasteiger partial charge in [-0.15, -0.1) is 0 Å². The van der Waals surface area contributed by atoms with Crippen molar-refractivity contribution in [3.8, 4) is 6.07 Å². The Morgan fingerprint density at radius 2 is 2.60 bits per heavy atom. The Hall–Kier alpha value is -1.09. The van der Waals surface area contributed by atoms with Crippen LogP contribution in [0.4, 0.5) is 4.79 Å². The van der Waals surface area contributed by atoms with E-state index in [4.69, 9.17) is 10.8 Å². The topological polar surface area (TPSA) is 80.3 Å². The number of hydrogen-bond donors (Lipinski definition) is 1. The second-order valence-corrected chi connectivity index (χ2v) is 2.42. The molecule has 0 rings (SSSR count). The zero-order valence-corrected chi connectivity index (χ0v) is 6.18. The molecule has 0 aliphatic heterocycles. The van der Waals surface area contributed by atoms with Crippen LogP contribution in [0.25, 0.3) is 0 Å². The third-order valence-corrected chi connectivity index (χ3v) is 1.49. The number of carbonyl (C=O) groups excluding carboxylic acids is 1. The van der Waals surface area contributed by atoms with Crippen LogP contribution in [0.2, 0.25) is 0 Å². The Bertz CT molecular complexity index is 175. The predicted octanol–water partition coefficient (Wildman–Crippen LogP) is 1.24. The van der Waals surface area contributed by atoms with Crippen molar-refractivity contribution in [1.82, 2.24) is 4.31 Å². The van der Waals surface area contributed by atoms with Crippen LogP contribution < -0.4 is 0 Å². The third-order valence-electron chi connectivity index (χ3n) is 0.688. The van der Waals surface area contributed by atoms with E-state index in [-0.39, 0.29) is 5.75 Å². The van der Waals surface area contributed by atoms with Gasteiger partial charge in [0.1, 0.15) is 5.75 Å². The molecule has 6 heteroatoms. The highest BCUT2D eigenvalue weighted by Crippen LogP contribution is 2.06. The molecule has 0 atom stereocenters. The quantitative estimate of drug-likeness (QED) is 0.485. The highest BCUT2D eigenvalue weighted by atomic mass is 32.2. The summed E-state index contributed by atoms with van der Waals surface area (Å²) in [5.74, 6) is 0.192. The maximum atomic E-state index is 10.5. The standard InChI is InChI=1S/C4H6N4OS/c1-8(4(9)7-6)10-3-2-5/h6H,3H2,1H3. The van der Waals surface area contributed by atoms with Gasteiger partial charge in [0, 0.05) is 7.05 Å². The highest BCUT2D eigenvalue weighted by molar-refractivity contribution is 7.97. The maximum absolute atomic E-state index is 10.5. The molecule has 0 bridgehead atoms. The van der Waals surface area contributed by atoms with Gasteiger partial charge < -0.3 is 0 Å². The molecule has 0 unspecified atom stereocenters. The molecule has 2 amide bonds. The summed E-state index contributed by atoms with van der Waals surface area (Å²) in [6.07, 6.45) is 0. The van der Waals surface area contributed by atoms with Crippen LogP contribution in [0, 0.1) is 16.9 Å². The van der Waals surface area contributed by atoms with Crippen molar-refractivity contribution in [2.45, 2.75) is 0 Å². The number of rotatable bonds is 2. The van der Waals surface area contributed by atoms with E-state index in [0.29, 0.717) is 0 Å². The fraction of sp³-hybridized carbons (Fsp3) is 0.500. The highest BCUT2D eigenvalue weighted by Gasteiger charge is 2.05. The summed E-state index contributed by atoms with van der Waals surface area (Å²) in [5, 5.41) is 10.7. The van der Waals surface area contributed by atoms with Crippen molar-refractivity contribution in [3.05, 3.63) is 0 Å². The molecule has 5 nitrogen and oxygen atoms in total. The van der Waals surface area contributed by atoms with Crippen molar-refractivity contribution in [2.24, 2.45) is 5.11 Å².